The lowest BCUT2D eigenvalue weighted by Crippen LogP contribution is -2.21. The lowest BCUT2D eigenvalue weighted by molar-refractivity contribution is -0.113. The van der Waals surface area contributed by atoms with Crippen molar-refractivity contribution in [2.24, 2.45) is 5.92 Å². The quantitative estimate of drug-likeness (QED) is 0.617. The molecule has 4 heteroatoms. The largest absolute Gasteiger partial charge is 0.388 e. The number of rotatable bonds is 5. The van der Waals surface area contributed by atoms with E-state index in [0.29, 0.717) is 11.0 Å². The Morgan fingerprint density at radius 2 is 1.78 bits per heavy atom. The number of benzene rings is 2. The molecule has 0 radical (unpaired) electrons. The van der Waals surface area contributed by atoms with E-state index in [2.05, 4.69) is 60.1 Å². The van der Waals surface area contributed by atoms with E-state index in [4.69, 9.17) is 0 Å². The molecule has 2 unspecified atom stereocenters. The van der Waals surface area contributed by atoms with E-state index in [1.165, 1.54) is 11.4 Å². The van der Waals surface area contributed by atoms with Gasteiger partial charge in [0.05, 0.1) is 17.3 Å². The molecule has 0 aromatic heterocycles. The minimum Gasteiger partial charge on any atom is -0.388 e. The lowest BCUT2D eigenvalue weighted by Gasteiger charge is -2.27. The molecule has 2 aromatic rings. The summed E-state index contributed by atoms with van der Waals surface area (Å²) in [4.78, 5) is 13.2. The van der Waals surface area contributed by atoms with Gasteiger partial charge in [0.1, 0.15) is 0 Å². The first-order valence-corrected chi connectivity index (χ1v) is 9.73. The monoisotopic (exact) mass is 328 g/mol. The molecule has 1 aliphatic rings. The Morgan fingerprint density at radius 3 is 2.39 bits per heavy atom. The van der Waals surface area contributed by atoms with Crippen LogP contribution in [0.3, 0.4) is 0 Å². The molecule has 1 N–H and O–H groups in total. The Balaban J connectivity index is 1.82. The summed E-state index contributed by atoms with van der Waals surface area (Å²) >= 11 is -0.863. The van der Waals surface area contributed by atoms with Crippen LogP contribution in [0.25, 0.3) is 0 Å². The summed E-state index contributed by atoms with van der Waals surface area (Å²) in [5, 5.41) is 3.50. The Morgan fingerprint density at radius 1 is 1.09 bits per heavy atom. The summed E-state index contributed by atoms with van der Waals surface area (Å²) in [6.07, 6.45) is 2.08. The third kappa shape index (κ3) is 2.95. The Hall–Kier alpha value is -1.94. The number of nitrogens with zero attached hydrogens (tertiary/aromatic N) is 1. The van der Waals surface area contributed by atoms with Gasteiger partial charge in [0.2, 0.25) is 0 Å². The van der Waals surface area contributed by atoms with Crippen LogP contribution in [0.4, 0.5) is 17.1 Å². The highest BCUT2D eigenvalue weighted by Crippen LogP contribution is 2.59. The van der Waals surface area contributed by atoms with Crippen molar-refractivity contribution in [3.05, 3.63) is 54.1 Å². The fourth-order valence-electron chi connectivity index (χ4n) is 3.09. The lowest BCUT2D eigenvalue weighted by atomic mass is 9.90. The highest BCUT2D eigenvalue weighted by molar-refractivity contribution is 8.31. The van der Waals surface area contributed by atoms with Gasteiger partial charge in [0.25, 0.3) is 0 Å². The van der Waals surface area contributed by atoms with Crippen LogP contribution >= 0.6 is 11.1 Å². The van der Waals surface area contributed by atoms with Crippen LogP contribution in [0.1, 0.15) is 25.3 Å². The number of carbonyl (C=O) groups is 1. The molecule has 0 fully saturated rings. The molecular weight excluding hydrogens is 304 g/mol. The molecule has 0 aliphatic carbocycles. The third-order valence-electron chi connectivity index (χ3n) is 4.38. The van der Waals surface area contributed by atoms with Gasteiger partial charge in [-0.1, -0.05) is 44.2 Å². The second kappa shape index (κ2) is 6.28. The van der Waals surface area contributed by atoms with Crippen molar-refractivity contribution in [3.8, 4) is 0 Å². The minimum absolute atomic E-state index is 0.0344. The maximum Gasteiger partial charge on any atom is 0.193 e. The van der Waals surface area contributed by atoms with Gasteiger partial charge in [-0.2, -0.15) is 0 Å². The average molecular weight is 328 g/mol. The van der Waals surface area contributed by atoms with Crippen LogP contribution < -0.4 is 9.62 Å². The zero-order valence-corrected chi connectivity index (χ0v) is 15.0. The molecule has 23 heavy (non-hydrogen) atoms. The number of hydrogen-bond donors (Lipinski definition) is 2. The first-order chi connectivity index (χ1) is 11.0. The van der Waals surface area contributed by atoms with Crippen molar-refractivity contribution in [2.75, 3.05) is 22.9 Å². The van der Waals surface area contributed by atoms with Gasteiger partial charge in [0, 0.05) is 12.7 Å². The second-order valence-corrected chi connectivity index (χ2v) is 8.15. The number of nitrogens with one attached hydrogen (secondary N) is 1. The molecule has 0 saturated carbocycles. The minimum atomic E-state index is -0.863. The van der Waals surface area contributed by atoms with E-state index < -0.39 is 11.1 Å². The molecule has 0 spiro atoms. The topological polar surface area (TPSA) is 32.1 Å². The van der Waals surface area contributed by atoms with E-state index in [9.17, 15) is 4.79 Å². The standard InChI is InChI=1S/C19H24N2OS/c1-13(2)18(14-8-6-5-7-9-14)19(22)23(4)21-16-11-10-15(20-3)12-17(16)21/h5-13,18,20,23H,1-4H3. The number of thiol groups is 1. The fourth-order valence-corrected chi connectivity index (χ4v) is 5.07. The van der Waals surface area contributed by atoms with E-state index in [1.807, 2.05) is 25.2 Å². The molecule has 3 nitrogen and oxygen atoms in total. The fraction of sp³-hybridized carbons (Fsp3) is 0.316. The summed E-state index contributed by atoms with van der Waals surface area (Å²) in [5.41, 5.74) is 4.60. The second-order valence-electron chi connectivity index (χ2n) is 6.26. The van der Waals surface area contributed by atoms with Gasteiger partial charge >= 0.3 is 0 Å². The molecule has 1 aliphatic heterocycles. The van der Waals surface area contributed by atoms with Crippen LogP contribution in [-0.4, -0.2) is 18.4 Å². The van der Waals surface area contributed by atoms with Gasteiger partial charge < -0.3 is 5.32 Å². The van der Waals surface area contributed by atoms with Crippen LogP contribution in [0.5, 0.6) is 0 Å². The normalized spacial score (nSPS) is 15.9. The molecule has 0 bridgehead atoms. The first-order valence-electron chi connectivity index (χ1n) is 7.99. The Labute approximate surface area is 141 Å². The van der Waals surface area contributed by atoms with Crippen molar-refractivity contribution in [3.63, 3.8) is 0 Å². The zero-order valence-electron chi connectivity index (χ0n) is 14.1. The number of anilines is 3. The number of carbonyl (C=O) groups excluding carboxylic acids is 1. The van der Waals surface area contributed by atoms with Crippen molar-refractivity contribution in [1.29, 1.82) is 0 Å². The highest BCUT2D eigenvalue weighted by atomic mass is 32.2. The van der Waals surface area contributed by atoms with Crippen molar-refractivity contribution in [1.82, 2.24) is 0 Å². The van der Waals surface area contributed by atoms with E-state index in [-0.39, 0.29) is 5.92 Å². The molecule has 0 saturated heterocycles. The molecule has 122 valence electrons. The SMILES string of the molecule is CNc1ccc2c(c1)N2[SH](C)C(=O)C(c1ccccc1)C(C)C. The summed E-state index contributed by atoms with van der Waals surface area (Å²) in [5.74, 6) is 0.263. The van der Waals surface area contributed by atoms with E-state index in [1.54, 1.807) is 0 Å². The smallest absolute Gasteiger partial charge is 0.193 e. The van der Waals surface area contributed by atoms with Gasteiger partial charge in [-0.25, -0.2) is 0 Å². The third-order valence-corrected chi connectivity index (χ3v) is 6.33. The van der Waals surface area contributed by atoms with Crippen molar-refractivity contribution < 1.29 is 4.79 Å². The van der Waals surface area contributed by atoms with Gasteiger partial charge in [-0.05, 0) is 35.9 Å². The predicted octanol–water partition coefficient (Wildman–Crippen LogP) is 4.69. The van der Waals surface area contributed by atoms with Crippen molar-refractivity contribution >= 4 is 33.3 Å². The Kier molecular flexibility index (Phi) is 4.35. The molecule has 1 heterocycles. The van der Waals surface area contributed by atoms with Gasteiger partial charge in [-0.15, -0.1) is 11.1 Å². The van der Waals surface area contributed by atoms with Gasteiger partial charge in [0.15, 0.2) is 5.12 Å². The highest BCUT2D eigenvalue weighted by Gasteiger charge is 2.38. The summed E-state index contributed by atoms with van der Waals surface area (Å²) in [7, 11) is 1.92. The maximum atomic E-state index is 13.2. The molecule has 3 rings (SSSR count). The van der Waals surface area contributed by atoms with E-state index >= 15 is 0 Å². The number of fused-ring (bicyclic) bond motifs is 1. The molecule has 0 amide bonds. The van der Waals surface area contributed by atoms with Crippen LogP contribution in [0.15, 0.2) is 48.5 Å². The predicted molar refractivity (Wildman–Crippen MR) is 102 cm³/mol. The van der Waals surface area contributed by atoms with Crippen LogP contribution in [0, 0.1) is 5.92 Å². The molecule has 2 atom stereocenters. The van der Waals surface area contributed by atoms with Crippen LogP contribution in [-0.2, 0) is 4.79 Å². The summed E-state index contributed by atoms with van der Waals surface area (Å²) in [6.45, 7) is 4.26. The van der Waals surface area contributed by atoms with Crippen molar-refractivity contribution in [2.45, 2.75) is 19.8 Å². The maximum absolute atomic E-state index is 13.2. The van der Waals surface area contributed by atoms with E-state index in [0.717, 1.165) is 11.3 Å². The van der Waals surface area contributed by atoms with Crippen LogP contribution in [0.2, 0.25) is 0 Å². The summed E-state index contributed by atoms with van der Waals surface area (Å²) in [6, 6.07) is 16.4. The average Bonchev–Trinajstić information content (AvgIpc) is 3.28. The zero-order chi connectivity index (χ0) is 16.6. The summed E-state index contributed by atoms with van der Waals surface area (Å²) < 4.78 is 2.21. The Bertz CT molecular complexity index is 715. The first kappa shape index (κ1) is 15.9. The number of hydrogen-bond acceptors (Lipinski definition) is 3. The molecular formula is C19H24N2OS. The molecule has 2 aromatic carbocycles. The van der Waals surface area contributed by atoms with Gasteiger partial charge in [-0.3, -0.25) is 9.10 Å².